The molecular formula is C21H28ClN3O5S. The third-order valence-corrected chi connectivity index (χ3v) is 7.81. The first-order valence-electron chi connectivity index (χ1n) is 10.8. The summed E-state index contributed by atoms with van der Waals surface area (Å²) in [6, 6.07) is 5.12. The molecule has 1 aromatic rings. The van der Waals surface area contributed by atoms with Gasteiger partial charge in [0.2, 0.25) is 15.9 Å². The van der Waals surface area contributed by atoms with E-state index in [1.165, 1.54) is 17.7 Å². The highest BCUT2D eigenvalue weighted by Gasteiger charge is 2.47. The van der Waals surface area contributed by atoms with Crippen molar-refractivity contribution >= 4 is 33.6 Å². The van der Waals surface area contributed by atoms with Crippen LogP contribution in [0.5, 0.6) is 5.75 Å². The van der Waals surface area contributed by atoms with E-state index in [2.05, 4.69) is 10.0 Å². The number of nitrogens with zero attached hydrogens (tertiary/aromatic N) is 1. The van der Waals surface area contributed by atoms with Gasteiger partial charge in [0.1, 0.15) is 12.3 Å². The second kappa shape index (κ2) is 8.96. The number of unbranched alkanes of at least 4 members (excludes halogenated alkanes) is 2. The standard InChI is InChI=1S/C21H28ClN3O5S/c22-17-7-6-16(12-18(17)30-14-15-4-5-15)21(8-9-21)24-31(28,29)11-3-1-2-10-25-13-19(26)23-20(25)27/h6-7,12,15,24H,1-5,8-11,13-14H2,(H,23,26,27). The lowest BCUT2D eigenvalue weighted by Crippen LogP contribution is -2.36. The second-order valence-electron chi connectivity index (χ2n) is 8.74. The Morgan fingerprint density at radius 1 is 1.19 bits per heavy atom. The molecule has 0 aromatic heterocycles. The zero-order valence-electron chi connectivity index (χ0n) is 17.4. The lowest BCUT2D eigenvalue weighted by molar-refractivity contribution is -0.118. The lowest BCUT2D eigenvalue weighted by atomic mass is 10.1. The van der Waals surface area contributed by atoms with Crippen LogP contribution in [0.2, 0.25) is 5.02 Å². The Morgan fingerprint density at radius 3 is 2.61 bits per heavy atom. The summed E-state index contributed by atoms with van der Waals surface area (Å²) in [6.07, 6.45) is 5.66. The fourth-order valence-electron chi connectivity index (χ4n) is 3.76. The van der Waals surface area contributed by atoms with Crippen LogP contribution in [0, 0.1) is 5.92 Å². The normalized spacial score (nSPS) is 20.1. The second-order valence-corrected chi connectivity index (χ2v) is 11.0. The number of rotatable bonds is 12. The fraction of sp³-hybridized carbons (Fsp3) is 0.619. The molecule has 2 N–H and O–H groups in total. The van der Waals surface area contributed by atoms with E-state index in [4.69, 9.17) is 16.3 Å². The van der Waals surface area contributed by atoms with Crippen molar-refractivity contribution in [1.82, 2.24) is 14.9 Å². The Kier molecular flexibility index (Phi) is 6.46. The first kappa shape index (κ1) is 22.4. The van der Waals surface area contributed by atoms with Crippen LogP contribution in [0.3, 0.4) is 0 Å². The van der Waals surface area contributed by atoms with Crippen LogP contribution in [-0.2, 0) is 20.4 Å². The van der Waals surface area contributed by atoms with E-state index < -0.39 is 15.6 Å². The molecule has 4 rings (SSSR count). The monoisotopic (exact) mass is 469 g/mol. The third kappa shape index (κ3) is 5.90. The molecule has 2 saturated carbocycles. The number of imide groups is 1. The number of halogens is 1. The summed E-state index contributed by atoms with van der Waals surface area (Å²) in [5, 5.41) is 2.77. The van der Waals surface area contributed by atoms with Gasteiger partial charge in [-0.3, -0.25) is 10.1 Å². The number of carbonyl (C=O) groups is 2. The lowest BCUT2D eigenvalue weighted by Gasteiger charge is -2.20. The summed E-state index contributed by atoms with van der Waals surface area (Å²) >= 11 is 6.26. The fourth-order valence-corrected chi connectivity index (χ4v) is 5.54. The van der Waals surface area contributed by atoms with Crippen molar-refractivity contribution in [2.75, 3.05) is 25.4 Å². The maximum atomic E-state index is 12.7. The number of hydrogen-bond donors (Lipinski definition) is 2. The van der Waals surface area contributed by atoms with Gasteiger partial charge in [-0.2, -0.15) is 0 Å². The zero-order chi connectivity index (χ0) is 22.1. The zero-order valence-corrected chi connectivity index (χ0v) is 18.9. The molecule has 0 unspecified atom stereocenters. The number of amides is 3. The van der Waals surface area contributed by atoms with Crippen molar-refractivity contribution in [2.45, 2.75) is 50.5 Å². The average Bonchev–Trinajstić information content (AvgIpc) is 3.62. The summed E-state index contributed by atoms with van der Waals surface area (Å²) in [4.78, 5) is 24.1. The third-order valence-electron chi connectivity index (χ3n) is 5.97. The molecule has 1 saturated heterocycles. The van der Waals surface area contributed by atoms with E-state index >= 15 is 0 Å². The van der Waals surface area contributed by atoms with Crippen LogP contribution >= 0.6 is 11.6 Å². The highest BCUT2D eigenvalue weighted by molar-refractivity contribution is 7.89. The summed E-state index contributed by atoms with van der Waals surface area (Å²) in [5.74, 6) is 0.947. The summed E-state index contributed by atoms with van der Waals surface area (Å²) in [6.45, 7) is 1.17. The minimum absolute atomic E-state index is 0.0263. The van der Waals surface area contributed by atoms with Crippen LogP contribution < -0.4 is 14.8 Å². The van der Waals surface area contributed by atoms with Crippen LogP contribution in [0.25, 0.3) is 0 Å². The molecular weight excluding hydrogens is 442 g/mol. The van der Waals surface area contributed by atoms with Crippen LogP contribution in [-0.4, -0.2) is 50.7 Å². The van der Waals surface area contributed by atoms with E-state index in [-0.39, 0.29) is 24.2 Å². The number of hydrogen-bond acceptors (Lipinski definition) is 5. The number of ether oxygens (including phenoxy) is 1. The molecule has 1 heterocycles. The number of nitrogens with one attached hydrogen (secondary N) is 2. The predicted octanol–water partition coefficient (Wildman–Crippen LogP) is 2.76. The molecule has 1 aliphatic heterocycles. The molecule has 31 heavy (non-hydrogen) atoms. The predicted molar refractivity (Wildman–Crippen MR) is 116 cm³/mol. The van der Waals surface area contributed by atoms with E-state index in [0.717, 1.165) is 18.4 Å². The van der Waals surface area contributed by atoms with Gasteiger partial charge < -0.3 is 9.64 Å². The van der Waals surface area contributed by atoms with Crippen molar-refractivity contribution in [1.29, 1.82) is 0 Å². The summed E-state index contributed by atoms with van der Waals surface area (Å²) in [7, 11) is -3.45. The number of carbonyl (C=O) groups excluding carboxylic acids is 2. The molecule has 3 aliphatic rings. The molecule has 1 aromatic carbocycles. The molecule has 0 atom stereocenters. The number of benzene rings is 1. The molecule has 170 valence electrons. The van der Waals surface area contributed by atoms with Gasteiger partial charge in [0, 0.05) is 6.54 Å². The van der Waals surface area contributed by atoms with Gasteiger partial charge in [0.05, 0.1) is 22.9 Å². The van der Waals surface area contributed by atoms with Gasteiger partial charge in [-0.1, -0.05) is 24.1 Å². The van der Waals surface area contributed by atoms with Gasteiger partial charge >= 0.3 is 6.03 Å². The van der Waals surface area contributed by atoms with Crippen molar-refractivity contribution in [2.24, 2.45) is 5.92 Å². The Hall–Kier alpha value is -1.84. The molecule has 10 heteroatoms. The molecule has 3 fully saturated rings. The van der Waals surface area contributed by atoms with E-state index in [0.29, 0.717) is 49.1 Å². The van der Waals surface area contributed by atoms with Crippen molar-refractivity contribution < 1.29 is 22.7 Å². The highest BCUT2D eigenvalue weighted by atomic mass is 35.5. The maximum absolute atomic E-state index is 12.7. The Labute approximate surface area is 187 Å². The minimum Gasteiger partial charge on any atom is -0.492 e. The Bertz CT molecular complexity index is 960. The summed E-state index contributed by atoms with van der Waals surface area (Å²) in [5.41, 5.74) is 0.311. The summed E-state index contributed by atoms with van der Waals surface area (Å²) < 4.78 is 34.0. The molecule has 0 bridgehead atoms. The maximum Gasteiger partial charge on any atom is 0.324 e. The van der Waals surface area contributed by atoms with Gasteiger partial charge in [-0.25, -0.2) is 17.9 Å². The van der Waals surface area contributed by atoms with E-state index in [1.54, 1.807) is 6.07 Å². The van der Waals surface area contributed by atoms with Crippen LogP contribution in [0.15, 0.2) is 18.2 Å². The van der Waals surface area contributed by atoms with Gasteiger partial charge in [-0.15, -0.1) is 0 Å². The molecule has 0 radical (unpaired) electrons. The van der Waals surface area contributed by atoms with Crippen molar-refractivity contribution in [3.8, 4) is 5.75 Å². The van der Waals surface area contributed by atoms with Gasteiger partial charge in [0.25, 0.3) is 0 Å². The van der Waals surface area contributed by atoms with Crippen molar-refractivity contribution in [3.63, 3.8) is 0 Å². The van der Waals surface area contributed by atoms with Crippen LogP contribution in [0.1, 0.15) is 50.5 Å². The first-order chi connectivity index (χ1) is 14.8. The van der Waals surface area contributed by atoms with Crippen LogP contribution in [0.4, 0.5) is 4.79 Å². The average molecular weight is 470 g/mol. The topological polar surface area (TPSA) is 105 Å². The Morgan fingerprint density at radius 2 is 1.97 bits per heavy atom. The largest absolute Gasteiger partial charge is 0.492 e. The Balaban J connectivity index is 1.26. The molecule has 8 nitrogen and oxygen atoms in total. The quantitative estimate of drug-likeness (QED) is 0.362. The highest BCUT2D eigenvalue weighted by Crippen LogP contribution is 2.48. The first-order valence-corrected chi connectivity index (χ1v) is 12.8. The van der Waals surface area contributed by atoms with Crippen molar-refractivity contribution in [3.05, 3.63) is 28.8 Å². The van der Waals surface area contributed by atoms with Gasteiger partial charge in [0.15, 0.2) is 0 Å². The van der Waals surface area contributed by atoms with E-state index in [9.17, 15) is 18.0 Å². The minimum atomic E-state index is -3.45. The SMILES string of the molecule is O=C1CN(CCCCCS(=O)(=O)NC2(c3ccc(Cl)c(OCC4CC4)c3)CC2)C(=O)N1. The molecule has 3 amide bonds. The molecule has 0 spiro atoms. The van der Waals surface area contributed by atoms with E-state index in [1.807, 2.05) is 12.1 Å². The molecule has 2 aliphatic carbocycles. The number of sulfonamides is 1. The van der Waals surface area contributed by atoms with Gasteiger partial charge in [-0.05, 0) is 62.1 Å². The smallest absolute Gasteiger partial charge is 0.324 e. The number of urea groups is 1.